The Bertz CT molecular complexity index is 507. The molecule has 0 spiro atoms. The lowest BCUT2D eigenvalue weighted by Crippen LogP contribution is -2.32. The van der Waals surface area contributed by atoms with Crippen molar-refractivity contribution < 1.29 is 8.42 Å². The minimum absolute atomic E-state index is 0.149. The third-order valence-corrected chi connectivity index (χ3v) is 6.19. The minimum Gasteiger partial charge on any atom is -0.210 e. The van der Waals surface area contributed by atoms with Crippen LogP contribution >= 0.6 is 11.8 Å². The highest BCUT2D eigenvalue weighted by atomic mass is 32.2. The van der Waals surface area contributed by atoms with Gasteiger partial charge in [0.1, 0.15) is 0 Å². The van der Waals surface area contributed by atoms with Gasteiger partial charge in [-0.25, -0.2) is 13.1 Å². The Morgan fingerprint density at radius 3 is 2.53 bits per heavy atom. The van der Waals surface area contributed by atoms with E-state index < -0.39 is 10.0 Å². The van der Waals surface area contributed by atoms with E-state index in [0.29, 0.717) is 11.4 Å². The maximum Gasteiger partial charge on any atom is 0.240 e. The predicted molar refractivity (Wildman–Crippen MR) is 71.8 cm³/mol. The first-order valence-electron chi connectivity index (χ1n) is 5.60. The van der Waals surface area contributed by atoms with Crippen molar-refractivity contribution in [2.45, 2.75) is 29.4 Å². The van der Waals surface area contributed by atoms with Gasteiger partial charge in [-0.05, 0) is 37.7 Å². The molecule has 1 fully saturated rings. The molecule has 0 heterocycles. The summed E-state index contributed by atoms with van der Waals surface area (Å²) in [6, 6.07) is 7.06. The summed E-state index contributed by atoms with van der Waals surface area (Å²) in [5.41, 5.74) is 0.786. The fourth-order valence-corrected chi connectivity index (χ4v) is 3.94. The van der Waals surface area contributed by atoms with Crippen LogP contribution in [-0.4, -0.2) is 26.0 Å². The van der Waals surface area contributed by atoms with Crippen LogP contribution in [0, 0.1) is 6.92 Å². The second kappa shape index (κ2) is 4.63. The van der Waals surface area contributed by atoms with E-state index in [0.717, 1.165) is 18.4 Å². The topological polar surface area (TPSA) is 46.2 Å². The third-order valence-electron chi connectivity index (χ3n) is 3.21. The van der Waals surface area contributed by atoms with Crippen LogP contribution in [0.5, 0.6) is 0 Å². The fraction of sp³-hybridized carbons (Fsp3) is 0.500. The summed E-state index contributed by atoms with van der Waals surface area (Å²) >= 11 is 1.75. The molecule has 1 aliphatic carbocycles. The number of aryl methyl sites for hydroxylation is 1. The molecule has 94 valence electrons. The molecule has 1 aromatic carbocycles. The maximum atomic E-state index is 12.1. The average molecular weight is 271 g/mol. The van der Waals surface area contributed by atoms with Gasteiger partial charge < -0.3 is 0 Å². The summed E-state index contributed by atoms with van der Waals surface area (Å²) in [5.74, 6) is 0. The first kappa shape index (κ1) is 12.9. The maximum absolute atomic E-state index is 12.1. The van der Waals surface area contributed by atoms with Gasteiger partial charge in [0.05, 0.1) is 4.90 Å². The SMILES string of the molecule is CSC1(CNS(=O)(=O)c2ccccc2C)CC1. The lowest BCUT2D eigenvalue weighted by molar-refractivity contribution is 0.579. The summed E-state index contributed by atoms with van der Waals surface area (Å²) in [5, 5.41) is 0. The fourth-order valence-electron chi connectivity index (χ4n) is 1.75. The molecule has 3 nitrogen and oxygen atoms in total. The van der Waals surface area contributed by atoms with E-state index in [4.69, 9.17) is 0 Å². The van der Waals surface area contributed by atoms with Crippen molar-refractivity contribution in [2.75, 3.05) is 12.8 Å². The Morgan fingerprint density at radius 1 is 1.35 bits per heavy atom. The highest BCUT2D eigenvalue weighted by molar-refractivity contribution is 8.00. The zero-order valence-electron chi connectivity index (χ0n) is 10.1. The largest absolute Gasteiger partial charge is 0.240 e. The number of rotatable bonds is 5. The quantitative estimate of drug-likeness (QED) is 0.892. The Kier molecular flexibility index (Phi) is 3.52. The van der Waals surface area contributed by atoms with Gasteiger partial charge >= 0.3 is 0 Å². The van der Waals surface area contributed by atoms with Crippen molar-refractivity contribution >= 4 is 21.8 Å². The zero-order valence-corrected chi connectivity index (χ0v) is 11.7. The van der Waals surface area contributed by atoms with Crippen LogP contribution in [0.15, 0.2) is 29.2 Å². The van der Waals surface area contributed by atoms with Crippen molar-refractivity contribution in [1.82, 2.24) is 4.72 Å². The van der Waals surface area contributed by atoms with Gasteiger partial charge in [-0.15, -0.1) is 0 Å². The molecule has 1 saturated carbocycles. The van der Waals surface area contributed by atoms with Crippen molar-refractivity contribution in [3.63, 3.8) is 0 Å². The van der Waals surface area contributed by atoms with E-state index in [-0.39, 0.29) is 4.75 Å². The molecule has 2 rings (SSSR count). The standard InChI is InChI=1S/C12H17NO2S2/c1-10-5-3-4-6-11(10)17(14,15)13-9-12(16-2)7-8-12/h3-6,13H,7-9H2,1-2H3. The molecule has 1 aromatic rings. The van der Waals surface area contributed by atoms with E-state index >= 15 is 0 Å². The summed E-state index contributed by atoms with van der Waals surface area (Å²) in [6.07, 6.45) is 4.24. The highest BCUT2D eigenvalue weighted by Gasteiger charge is 2.42. The van der Waals surface area contributed by atoms with E-state index in [1.165, 1.54) is 0 Å². The molecule has 0 atom stereocenters. The molecule has 0 aliphatic heterocycles. The van der Waals surface area contributed by atoms with Gasteiger partial charge in [-0.1, -0.05) is 18.2 Å². The van der Waals surface area contributed by atoms with Crippen LogP contribution in [0.1, 0.15) is 18.4 Å². The first-order chi connectivity index (χ1) is 7.99. The summed E-state index contributed by atoms with van der Waals surface area (Å²) in [4.78, 5) is 0.386. The van der Waals surface area contributed by atoms with Crippen LogP contribution < -0.4 is 4.72 Å². The molecule has 17 heavy (non-hydrogen) atoms. The molecular formula is C12H17NO2S2. The van der Waals surface area contributed by atoms with E-state index in [9.17, 15) is 8.42 Å². The molecule has 0 amide bonds. The van der Waals surface area contributed by atoms with E-state index in [2.05, 4.69) is 4.72 Å². The molecule has 5 heteroatoms. The smallest absolute Gasteiger partial charge is 0.210 e. The van der Waals surface area contributed by atoms with Crippen LogP contribution in [0.25, 0.3) is 0 Å². The third kappa shape index (κ3) is 2.84. The average Bonchev–Trinajstić information content (AvgIpc) is 3.08. The monoisotopic (exact) mass is 271 g/mol. The predicted octanol–water partition coefficient (Wildman–Crippen LogP) is 2.17. The summed E-state index contributed by atoms with van der Waals surface area (Å²) in [6.45, 7) is 2.35. The Morgan fingerprint density at radius 2 is 2.00 bits per heavy atom. The van der Waals surface area contributed by atoms with Gasteiger partial charge in [0.15, 0.2) is 0 Å². The van der Waals surface area contributed by atoms with Crippen LogP contribution in [0.4, 0.5) is 0 Å². The van der Waals surface area contributed by atoms with Crippen molar-refractivity contribution in [3.8, 4) is 0 Å². The lowest BCUT2D eigenvalue weighted by atomic mass is 10.2. The number of thioether (sulfide) groups is 1. The Balaban J connectivity index is 2.12. The minimum atomic E-state index is -3.36. The number of benzene rings is 1. The van der Waals surface area contributed by atoms with Gasteiger partial charge in [-0.3, -0.25) is 0 Å². The molecule has 0 aromatic heterocycles. The number of nitrogens with one attached hydrogen (secondary N) is 1. The van der Waals surface area contributed by atoms with Gasteiger partial charge in [-0.2, -0.15) is 11.8 Å². The van der Waals surface area contributed by atoms with Crippen molar-refractivity contribution in [3.05, 3.63) is 29.8 Å². The van der Waals surface area contributed by atoms with Crippen molar-refractivity contribution in [2.24, 2.45) is 0 Å². The molecular weight excluding hydrogens is 254 g/mol. The normalized spacial score (nSPS) is 18.0. The summed E-state index contributed by atoms with van der Waals surface area (Å²) in [7, 11) is -3.36. The van der Waals surface area contributed by atoms with Crippen LogP contribution in [0.3, 0.4) is 0 Å². The van der Waals surface area contributed by atoms with Gasteiger partial charge in [0.2, 0.25) is 10.0 Å². The molecule has 1 N–H and O–H groups in total. The number of hydrogen-bond donors (Lipinski definition) is 1. The van der Waals surface area contributed by atoms with E-state index in [1.807, 2.05) is 25.3 Å². The Labute approximate surface area is 107 Å². The molecule has 0 unspecified atom stereocenters. The zero-order chi connectivity index (χ0) is 12.5. The lowest BCUT2D eigenvalue weighted by Gasteiger charge is -2.14. The van der Waals surface area contributed by atoms with Crippen LogP contribution in [-0.2, 0) is 10.0 Å². The molecule has 1 aliphatic rings. The molecule has 0 radical (unpaired) electrons. The molecule has 0 bridgehead atoms. The van der Waals surface area contributed by atoms with Crippen molar-refractivity contribution in [1.29, 1.82) is 0 Å². The summed E-state index contributed by atoms with van der Waals surface area (Å²) < 4.78 is 27.1. The number of hydrogen-bond acceptors (Lipinski definition) is 3. The Hall–Kier alpha value is -0.520. The highest BCUT2D eigenvalue weighted by Crippen LogP contribution is 2.46. The number of sulfonamides is 1. The van der Waals surface area contributed by atoms with Gasteiger partial charge in [0, 0.05) is 11.3 Å². The van der Waals surface area contributed by atoms with Gasteiger partial charge in [0.25, 0.3) is 0 Å². The second-order valence-corrected chi connectivity index (χ2v) is 7.49. The van der Waals surface area contributed by atoms with E-state index in [1.54, 1.807) is 23.9 Å². The first-order valence-corrected chi connectivity index (χ1v) is 8.30. The molecule has 0 saturated heterocycles. The van der Waals surface area contributed by atoms with Crippen LogP contribution in [0.2, 0.25) is 0 Å². The second-order valence-electron chi connectivity index (χ2n) is 4.48.